The first kappa shape index (κ1) is 12.8. The third-order valence-electron chi connectivity index (χ3n) is 4.10. The number of thiazole rings is 1. The lowest BCUT2D eigenvalue weighted by Gasteiger charge is -2.27. The maximum atomic E-state index is 12.1. The van der Waals surface area contributed by atoms with E-state index in [1.54, 1.807) is 17.5 Å². The van der Waals surface area contributed by atoms with Gasteiger partial charge in [0.25, 0.3) is 0 Å². The highest BCUT2D eigenvalue weighted by molar-refractivity contribution is 7.13. The summed E-state index contributed by atoms with van der Waals surface area (Å²) in [5, 5.41) is 13.6. The van der Waals surface area contributed by atoms with Crippen LogP contribution >= 0.6 is 11.3 Å². The largest absolute Gasteiger partial charge is 0.356 e. The maximum absolute atomic E-state index is 12.1. The molecule has 110 valence electrons. The Bertz CT molecular complexity index is 646. The molecule has 0 aromatic carbocycles. The first-order valence-electron chi connectivity index (χ1n) is 7.28. The average Bonchev–Trinajstić information content (AvgIpc) is 3.08. The minimum atomic E-state index is 0.292. The Balaban J connectivity index is 1.44. The van der Waals surface area contributed by atoms with E-state index in [1.807, 2.05) is 10.3 Å². The van der Waals surface area contributed by atoms with Crippen LogP contribution < -0.4 is 5.32 Å². The van der Waals surface area contributed by atoms with Crippen LogP contribution in [-0.4, -0.2) is 32.5 Å². The summed E-state index contributed by atoms with van der Waals surface area (Å²) >= 11 is 1.58. The van der Waals surface area contributed by atoms with Crippen LogP contribution in [0.15, 0.2) is 11.6 Å². The molecule has 2 N–H and O–H groups in total. The summed E-state index contributed by atoms with van der Waals surface area (Å²) in [6.07, 6.45) is 4.80. The molecule has 1 aliphatic carbocycles. The molecule has 0 bridgehead atoms. The van der Waals surface area contributed by atoms with Crippen LogP contribution in [0.5, 0.6) is 0 Å². The predicted octanol–water partition coefficient (Wildman–Crippen LogP) is 1.77. The summed E-state index contributed by atoms with van der Waals surface area (Å²) in [7, 11) is 0. The zero-order chi connectivity index (χ0) is 14.2. The van der Waals surface area contributed by atoms with Gasteiger partial charge in [-0.1, -0.05) is 0 Å². The molecular formula is C14H17N5OS. The quantitative estimate of drug-likeness (QED) is 0.903. The van der Waals surface area contributed by atoms with Gasteiger partial charge >= 0.3 is 0 Å². The maximum Gasteiger partial charge on any atom is 0.226 e. The number of fused-ring (bicyclic) bond motifs is 1. The molecule has 4 rings (SSSR count). The lowest BCUT2D eigenvalue weighted by atomic mass is 10.0. The molecule has 2 aliphatic rings. The van der Waals surface area contributed by atoms with Gasteiger partial charge in [0.1, 0.15) is 0 Å². The number of rotatable bonds is 4. The number of hydrogen-bond donors (Lipinski definition) is 2. The Kier molecular flexibility index (Phi) is 3.14. The van der Waals surface area contributed by atoms with Crippen molar-refractivity contribution in [2.75, 3.05) is 11.9 Å². The second-order valence-corrected chi connectivity index (χ2v) is 6.50. The highest BCUT2D eigenvalue weighted by atomic mass is 32.1. The molecule has 3 heterocycles. The number of hydrogen-bond acceptors (Lipinski definition) is 5. The van der Waals surface area contributed by atoms with E-state index in [0.717, 1.165) is 42.3 Å². The van der Waals surface area contributed by atoms with Crippen molar-refractivity contribution in [1.29, 1.82) is 0 Å². The molecule has 2 aromatic heterocycles. The molecule has 0 spiro atoms. The summed E-state index contributed by atoms with van der Waals surface area (Å²) in [6.45, 7) is 2.16. The summed E-state index contributed by atoms with van der Waals surface area (Å²) in [5.74, 6) is 0.609. The summed E-state index contributed by atoms with van der Waals surface area (Å²) in [4.78, 5) is 18.3. The number of carbonyl (C=O) groups is 1. The monoisotopic (exact) mass is 303 g/mol. The second kappa shape index (κ2) is 5.14. The van der Waals surface area contributed by atoms with E-state index >= 15 is 0 Å². The van der Waals surface area contributed by atoms with Gasteiger partial charge in [0.05, 0.1) is 24.5 Å². The molecule has 7 heteroatoms. The van der Waals surface area contributed by atoms with Crippen molar-refractivity contribution in [3.63, 3.8) is 0 Å². The molecule has 1 saturated carbocycles. The van der Waals surface area contributed by atoms with Crippen LogP contribution in [0, 0.1) is 5.92 Å². The number of amides is 1. The average molecular weight is 303 g/mol. The Morgan fingerprint density at radius 3 is 3.19 bits per heavy atom. The van der Waals surface area contributed by atoms with Gasteiger partial charge in [0, 0.05) is 29.6 Å². The van der Waals surface area contributed by atoms with Gasteiger partial charge in [-0.15, -0.1) is 11.3 Å². The first-order chi connectivity index (χ1) is 10.3. The van der Waals surface area contributed by atoms with Crippen LogP contribution in [0.3, 0.4) is 0 Å². The van der Waals surface area contributed by atoms with Gasteiger partial charge in [-0.3, -0.25) is 9.89 Å². The number of carbonyl (C=O) groups excluding carboxylic acids is 1. The standard InChI is InChI=1S/C14H17N5OS/c20-13(9-1-2-9)19-5-3-10-11(17-18-12(10)8-19)7-16-14-15-4-6-21-14/h4,6,9H,1-3,5,7-8H2,(H,15,16)(H,17,18). The minimum Gasteiger partial charge on any atom is -0.356 e. The molecule has 0 atom stereocenters. The number of aromatic nitrogens is 3. The van der Waals surface area contributed by atoms with Crippen molar-refractivity contribution in [1.82, 2.24) is 20.1 Å². The van der Waals surface area contributed by atoms with Gasteiger partial charge in [0.2, 0.25) is 5.91 Å². The van der Waals surface area contributed by atoms with Crippen LogP contribution in [0.25, 0.3) is 0 Å². The smallest absolute Gasteiger partial charge is 0.226 e. The van der Waals surface area contributed by atoms with Crippen LogP contribution in [0.1, 0.15) is 29.8 Å². The van der Waals surface area contributed by atoms with Crippen molar-refractivity contribution >= 4 is 22.4 Å². The molecule has 1 fully saturated rings. The molecule has 1 aliphatic heterocycles. The van der Waals surface area contributed by atoms with Crippen molar-refractivity contribution in [2.45, 2.75) is 32.4 Å². The van der Waals surface area contributed by atoms with Crippen LogP contribution in [-0.2, 0) is 24.3 Å². The number of aromatic amines is 1. The first-order valence-corrected chi connectivity index (χ1v) is 8.16. The summed E-state index contributed by atoms with van der Waals surface area (Å²) < 4.78 is 0. The van der Waals surface area contributed by atoms with E-state index in [0.29, 0.717) is 24.9 Å². The summed E-state index contributed by atoms with van der Waals surface area (Å²) in [6, 6.07) is 0. The zero-order valence-corrected chi connectivity index (χ0v) is 12.4. The Morgan fingerprint density at radius 1 is 1.52 bits per heavy atom. The van der Waals surface area contributed by atoms with E-state index < -0.39 is 0 Å². The number of H-pyrrole nitrogens is 1. The Hall–Kier alpha value is -1.89. The lowest BCUT2D eigenvalue weighted by molar-refractivity contribution is -0.133. The van der Waals surface area contributed by atoms with Gasteiger partial charge in [0.15, 0.2) is 5.13 Å². The second-order valence-electron chi connectivity index (χ2n) is 5.60. The third-order valence-corrected chi connectivity index (χ3v) is 4.83. The molecule has 1 amide bonds. The van der Waals surface area contributed by atoms with Gasteiger partial charge in [-0.05, 0) is 19.3 Å². The number of nitrogens with zero attached hydrogens (tertiary/aromatic N) is 3. The van der Waals surface area contributed by atoms with Gasteiger partial charge in [-0.25, -0.2) is 4.98 Å². The third kappa shape index (κ3) is 2.53. The fourth-order valence-electron chi connectivity index (χ4n) is 2.78. The molecule has 2 aromatic rings. The SMILES string of the molecule is O=C(C1CC1)N1CCc2c(CNc3nccs3)n[nH]c2C1. The molecular weight excluding hydrogens is 286 g/mol. The van der Waals surface area contributed by atoms with E-state index in [9.17, 15) is 4.79 Å². The molecule has 0 saturated heterocycles. The lowest BCUT2D eigenvalue weighted by Crippen LogP contribution is -2.37. The van der Waals surface area contributed by atoms with Crippen LogP contribution in [0.2, 0.25) is 0 Å². The van der Waals surface area contributed by atoms with Gasteiger partial charge < -0.3 is 10.2 Å². The summed E-state index contributed by atoms with van der Waals surface area (Å²) in [5.41, 5.74) is 3.39. The van der Waals surface area contributed by atoms with E-state index in [2.05, 4.69) is 20.5 Å². The number of anilines is 1. The van der Waals surface area contributed by atoms with E-state index in [1.165, 1.54) is 5.56 Å². The minimum absolute atomic E-state index is 0.292. The van der Waals surface area contributed by atoms with Gasteiger partial charge in [-0.2, -0.15) is 5.10 Å². The zero-order valence-electron chi connectivity index (χ0n) is 11.6. The van der Waals surface area contributed by atoms with E-state index in [-0.39, 0.29) is 0 Å². The molecule has 0 radical (unpaired) electrons. The molecule has 0 unspecified atom stereocenters. The highest BCUT2D eigenvalue weighted by Gasteiger charge is 2.35. The molecule has 21 heavy (non-hydrogen) atoms. The van der Waals surface area contributed by atoms with Crippen molar-refractivity contribution < 1.29 is 4.79 Å². The molecule has 6 nitrogen and oxygen atoms in total. The topological polar surface area (TPSA) is 73.9 Å². The van der Waals surface area contributed by atoms with Crippen molar-refractivity contribution in [2.24, 2.45) is 5.92 Å². The fraction of sp³-hybridized carbons (Fsp3) is 0.500. The fourth-order valence-corrected chi connectivity index (χ4v) is 3.31. The van der Waals surface area contributed by atoms with Crippen molar-refractivity contribution in [3.05, 3.63) is 28.5 Å². The number of nitrogens with one attached hydrogen (secondary N) is 2. The normalized spacial score (nSPS) is 17.6. The van der Waals surface area contributed by atoms with Crippen LogP contribution in [0.4, 0.5) is 5.13 Å². The Labute approximate surface area is 126 Å². The van der Waals surface area contributed by atoms with Crippen molar-refractivity contribution in [3.8, 4) is 0 Å². The predicted molar refractivity (Wildman–Crippen MR) is 79.9 cm³/mol. The van der Waals surface area contributed by atoms with E-state index in [4.69, 9.17) is 0 Å². The highest BCUT2D eigenvalue weighted by Crippen LogP contribution is 2.33. The Morgan fingerprint density at radius 2 is 2.43 bits per heavy atom.